The van der Waals surface area contributed by atoms with Crippen LogP contribution in [-0.2, 0) is 16.7 Å². The number of nitrogens with one attached hydrogen (secondary N) is 1. The largest absolute Gasteiger partial charge is 0.534 e. The zero-order valence-corrected chi connectivity index (χ0v) is 15.2. The van der Waals surface area contributed by atoms with Gasteiger partial charge in [-0.3, -0.25) is 10.2 Å². The summed E-state index contributed by atoms with van der Waals surface area (Å²) in [4.78, 5) is 12.1. The van der Waals surface area contributed by atoms with Crippen molar-refractivity contribution in [3.8, 4) is 5.75 Å². The van der Waals surface area contributed by atoms with Crippen LogP contribution in [0, 0.1) is 5.82 Å². The molecule has 7 nitrogen and oxygen atoms in total. The Morgan fingerprint density at radius 2 is 1.79 bits per heavy atom. The summed E-state index contributed by atoms with van der Waals surface area (Å²) in [7, 11) is -6.05. The van der Waals surface area contributed by atoms with E-state index >= 15 is 0 Å². The Balaban J connectivity index is 2.22. The summed E-state index contributed by atoms with van der Waals surface area (Å²) in [5.41, 5.74) is -3.33. The van der Waals surface area contributed by atoms with Crippen molar-refractivity contribution < 1.29 is 35.0 Å². The summed E-state index contributed by atoms with van der Waals surface area (Å²) in [6, 6.07) is 11.1. The average Bonchev–Trinajstić information content (AvgIpc) is 2.99. The van der Waals surface area contributed by atoms with Crippen molar-refractivity contribution >= 4 is 26.9 Å². The van der Waals surface area contributed by atoms with Crippen LogP contribution >= 0.6 is 0 Å². The minimum Gasteiger partial charge on any atom is -0.375 e. The Morgan fingerprint density at radius 1 is 1.14 bits per heavy atom. The Hall–Kier alpha value is -3.12. The second-order valence-electron chi connectivity index (χ2n) is 5.89. The van der Waals surface area contributed by atoms with Crippen molar-refractivity contribution in [2.45, 2.75) is 12.1 Å². The molecule has 29 heavy (non-hydrogen) atoms. The van der Waals surface area contributed by atoms with Gasteiger partial charge in [0, 0.05) is 18.0 Å². The molecule has 0 aliphatic heterocycles. The Labute approximate surface area is 161 Å². The van der Waals surface area contributed by atoms with Gasteiger partial charge in [-0.15, -0.1) is 0 Å². The number of halogens is 4. The van der Waals surface area contributed by atoms with Crippen LogP contribution < -0.4 is 15.5 Å². The van der Waals surface area contributed by atoms with Gasteiger partial charge in [0.05, 0.1) is 5.52 Å². The van der Waals surface area contributed by atoms with E-state index in [1.165, 1.54) is 4.57 Å². The van der Waals surface area contributed by atoms with Gasteiger partial charge in [0.15, 0.2) is 5.75 Å². The van der Waals surface area contributed by atoms with Crippen LogP contribution in [0.5, 0.6) is 5.75 Å². The smallest absolute Gasteiger partial charge is 0.375 e. The lowest BCUT2D eigenvalue weighted by atomic mass is 10.2. The molecule has 1 amide bonds. The van der Waals surface area contributed by atoms with Gasteiger partial charge in [-0.1, -0.05) is 30.3 Å². The third-order valence-electron chi connectivity index (χ3n) is 3.98. The molecular formula is C17H13F4N3O4S. The third kappa shape index (κ3) is 4.03. The van der Waals surface area contributed by atoms with E-state index < -0.39 is 33.1 Å². The van der Waals surface area contributed by atoms with E-state index in [1.54, 1.807) is 30.3 Å². The minimum atomic E-state index is -6.05. The second-order valence-corrected chi connectivity index (χ2v) is 7.43. The average molecular weight is 431 g/mol. The lowest BCUT2D eigenvalue weighted by Gasteiger charge is -2.12. The maximum absolute atomic E-state index is 14.1. The fourth-order valence-corrected chi connectivity index (χ4v) is 3.19. The Kier molecular flexibility index (Phi) is 5.24. The summed E-state index contributed by atoms with van der Waals surface area (Å²) in [5.74, 6) is 2.37. The van der Waals surface area contributed by atoms with Crippen LogP contribution in [0.1, 0.15) is 16.1 Å². The van der Waals surface area contributed by atoms with E-state index in [1.807, 2.05) is 5.43 Å². The fraction of sp³-hybridized carbons (Fsp3) is 0.118. The van der Waals surface area contributed by atoms with E-state index in [0.29, 0.717) is 11.6 Å². The summed E-state index contributed by atoms with van der Waals surface area (Å²) < 4.78 is 80.3. The molecule has 12 heteroatoms. The predicted molar refractivity (Wildman–Crippen MR) is 94.7 cm³/mol. The van der Waals surface area contributed by atoms with Gasteiger partial charge in [0.1, 0.15) is 11.5 Å². The predicted octanol–water partition coefficient (Wildman–Crippen LogP) is 2.66. The first-order valence-electron chi connectivity index (χ1n) is 7.92. The molecular weight excluding hydrogens is 418 g/mol. The zero-order valence-electron chi connectivity index (χ0n) is 14.4. The molecule has 0 saturated heterocycles. The molecule has 0 radical (unpaired) electrons. The van der Waals surface area contributed by atoms with E-state index in [-0.39, 0.29) is 23.1 Å². The normalized spacial score (nSPS) is 12.2. The van der Waals surface area contributed by atoms with Crippen LogP contribution in [0.25, 0.3) is 10.9 Å². The van der Waals surface area contributed by atoms with E-state index in [4.69, 9.17) is 5.84 Å². The van der Waals surface area contributed by atoms with Crippen molar-refractivity contribution in [2.75, 3.05) is 0 Å². The van der Waals surface area contributed by atoms with Crippen LogP contribution in [0.3, 0.4) is 0 Å². The minimum absolute atomic E-state index is 0.0298. The summed E-state index contributed by atoms with van der Waals surface area (Å²) in [5, 5.41) is -0.214. The van der Waals surface area contributed by atoms with E-state index in [0.717, 1.165) is 12.1 Å². The van der Waals surface area contributed by atoms with Crippen molar-refractivity contribution in [3.05, 3.63) is 65.6 Å². The molecule has 0 aliphatic rings. The number of benzene rings is 2. The molecule has 0 spiro atoms. The topological polar surface area (TPSA) is 103 Å². The SMILES string of the molecule is NNC(=O)c1cc2c(OS(=O)(=O)C(F)(F)F)cc(F)cc2n1Cc1ccccc1. The maximum Gasteiger partial charge on any atom is 0.534 e. The molecule has 1 heterocycles. The van der Waals surface area contributed by atoms with Gasteiger partial charge >= 0.3 is 15.6 Å². The highest BCUT2D eigenvalue weighted by molar-refractivity contribution is 7.88. The molecule has 0 saturated carbocycles. The molecule has 0 unspecified atom stereocenters. The number of rotatable bonds is 5. The van der Waals surface area contributed by atoms with Gasteiger partial charge in [-0.2, -0.15) is 21.6 Å². The summed E-state index contributed by atoms with van der Waals surface area (Å²) in [6.45, 7) is 0.0298. The third-order valence-corrected chi connectivity index (χ3v) is 4.94. The van der Waals surface area contributed by atoms with Crippen molar-refractivity contribution in [3.63, 3.8) is 0 Å². The van der Waals surface area contributed by atoms with E-state index in [9.17, 15) is 30.8 Å². The first-order chi connectivity index (χ1) is 13.5. The van der Waals surface area contributed by atoms with Crippen LogP contribution in [0.15, 0.2) is 48.5 Å². The Bertz CT molecular complexity index is 1170. The standard InChI is InChI=1S/C17H13F4N3O4S/c18-11-6-13-12(15(7-11)28-29(26,27)17(19,20)21)8-14(16(25)23-22)24(13)9-10-4-2-1-3-5-10/h1-8H,9,22H2,(H,23,25). The highest BCUT2D eigenvalue weighted by Crippen LogP contribution is 2.35. The number of aromatic nitrogens is 1. The first kappa shape index (κ1) is 20.6. The van der Waals surface area contributed by atoms with Gasteiger partial charge in [-0.05, 0) is 17.7 Å². The van der Waals surface area contributed by atoms with Crippen molar-refractivity contribution in [1.82, 2.24) is 9.99 Å². The number of hydrogen-bond acceptors (Lipinski definition) is 5. The number of amides is 1. The molecule has 3 N–H and O–H groups in total. The number of carbonyl (C=O) groups excluding carboxylic acids is 1. The van der Waals surface area contributed by atoms with Crippen LogP contribution in [0.4, 0.5) is 17.6 Å². The van der Waals surface area contributed by atoms with Gasteiger partial charge < -0.3 is 8.75 Å². The number of nitrogens with zero attached hydrogens (tertiary/aromatic N) is 1. The fourth-order valence-electron chi connectivity index (χ4n) is 2.72. The highest BCUT2D eigenvalue weighted by Gasteiger charge is 2.48. The quantitative estimate of drug-likeness (QED) is 0.161. The number of fused-ring (bicyclic) bond motifs is 1. The molecule has 0 bridgehead atoms. The molecule has 1 aromatic heterocycles. The molecule has 3 aromatic rings. The summed E-state index contributed by atoms with van der Waals surface area (Å²) in [6.07, 6.45) is 0. The highest BCUT2D eigenvalue weighted by atomic mass is 32.2. The lowest BCUT2D eigenvalue weighted by molar-refractivity contribution is -0.0499. The number of carbonyl (C=O) groups is 1. The molecule has 154 valence electrons. The molecule has 0 aliphatic carbocycles. The van der Waals surface area contributed by atoms with Crippen molar-refractivity contribution in [2.24, 2.45) is 5.84 Å². The van der Waals surface area contributed by atoms with Gasteiger partial charge in [-0.25, -0.2) is 10.2 Å². The molecule has 3 rings (SSSR count). The number of hydrazine groups is 1. The number of nitrogen functional groups attached to an aromatic ring is 1. The molecule has 0 atom stereocenters. The van der Waals surface area contributed by atoms with Crippen LogP contribution in [-0.4, -0.2) is 24.4 Å². The number of alkyl halides is 3. The number of hydrogen-bond donors (Lipinski definition) is 2. The van der Waals surface area contributed by atoms with E-state index in [2.05, 4.69) is 4.18 Å². The van der Waals surface area contributed by atoms with Gasteiger partial charge in [0.2, 0.25) is 0 Å². The zero-order chi connectivity index (χ0) is 21.4. The van der Waals surface area contributed by atoms with Crippen molar-refractivity contribution in [1.29, 1.82) is 0 Å². The van der Waals surface area contributed by atoms with Gasteiger partial charge in [0.25, 0.3) is 5.91 Å². The Morgan fingerprint density at radius 3 is 2.38 bits per heavy atom. The summed E-state index contributed by atoms with van der Waals surface area (Å²) >= 11 is 0. The van der Waals surface area contributed by atoms with Crippen LogP contribution in [0.2, 0.25) is 0 Å². The molecule has 0 fully saturated rings. The first-order valence-corrected chi connectivity index (χ1v) is 9.32. The second kappa shape index (κ2) is 7.37. The number of nitrogens with two attached hydrogens (primary N) is 1. The maximum atomic E-state index is 14.1. The monoisotopic (exact) mass is 431 g/mol. The molecule has 2 aromatic carbocycles. The lowest BCUT2D eigenvalue weighted by Crippen LogP contribution is -2.31.